The van der Waals surface area contributed by atoms with Crippen LogP contribution in [-0.4, -0.2) is 58.0 Å². The Hall–Kier alpha value is -3.30. The maximum atomic E-state index is 13.1. The van der Waals surface area contributed by atoms with Crippen LogP contribution < -0.4 is 5.32 Å². The molecule has 1 aliphatic heterocycles. The first kappa shape index (κ1) is 23.8. The molecule has 0 spiro atoms. The smallest absolute Gasteiger partial charge is 0.360 e. The lowest BCUT2D eigenvalue weighted by Crippen LogP contribution is -2.43. The van der Waals surface area contributed by atoms with Gasteiger partial charge < -0.3 is 10.1 Å². The molecule has 0 saturated carbocycles. The first-order valence-electron chi connectivity index (χ1n) is 10.9. The van der Waals surface area contributed by atoms with Crippen LogP contribution in [0.2, 0.25) is 5.02 Å². The zero-order chi connectivity index (χ0) is 24.1. The topological polar surface area (TPSA) is 89.4 Å². The summed E-state index contributed by atoms with van der Waals surface area (Å²) in [5.41, 5.74) is 2.06. The number of hydrogen-bond acceptors (Lipinski definition) is 6. The average molecular weight is 486 g/mol. The van der Waals surface area contributed by atoms with Gasteiger partial charge in [0.15, 0.2) is 5.69 Å². The molecule has 0 aliphatic carbocycles. The Bertz CT molecular complexity index is 1150. The minimum atomic E-state index is -0.560. The summed E-state index contributed by atoms with van der Waals surface area (Å²) in [4.78, 5) is 27.0. The van der Waals surface area contributed by atoms with Gasteiger partial charge in [-0.15, -0.1) is 5.10 Å². The van der Waals surface area contributed by atoms with E-state index in [4.69, 9.17) is 16.3 Å². The molecule has 2 atom stereocenters. The molecule has 178 valence electrons. The summed E-state index contributed by atoms with van der Waals surface area (Å²) in [6.07, 6.45) is 2.65. The van der Waals surface area contributed by atoms with Gasteiger partial charge in [0.1, 0.15) is 5.82 Å². The van der Waals surface area contributed by atoms with Crippen molar-refractivity contribution in [1.82, 2.24) is 25.2 Å². The number of carbonyl (C=O) groups excluding carboxylic acids is 2. The highest BCUT2D eigenvalue weighted by Gasteiger charge is 2.38. The Balaban J connectivity index is 1.45. The number of esters is 1. The number of aromatic nitrogens is 3. The highest BCUT2D eigenvalue weighted by atomic mass is 35.5. The van der Waals surface area contributed by atoms with Gasteiger partial charge in [0, 0.05) is 24.7 Å². The average Bonchev–Trinajstić information content (AvgIpc) is 3.47. The van der Waals surface area contributed by atoms with E-state index in [1.165, 1.54) is 19.2 Å². The van der Waals surface area contributed by atoms with E-state index in [0.29, 0.717) is 37.5 Å². The molecular weight excluding hydrogens is 461 g/mol. The first-order valence-corrected chi connectivity index (χ1v) is 11.3. The molecule has 1 aromatic heterocycles. The van der Waals surface area contributed by atoms with Gasteiger partial charge in [-0.3, -0.25) is 9.69 Å². The third kappa shape index (κ3) is 5.78. The van der Waals surface area contributed by atoms with E-state index in [1.54, 1.807) is 29.1 Å². The van der Waals surface area contributed by atoms with Crippen LogP contribution in [0.5, 0.6) is 0 Å². The van der Waals surface area contributed by atoms with Gasteiger partial charge >= 0.3 is 5.97 Å². The summed E-state index contributed by atoms with van der Waals surface area (Å²) in [6, 6.07) is 13.2. The third-order valence-electron chi connectivity index (χ3n) is 5.86. The lowest BCUT2D eigenvalue weighted by molar-refractivity contribution is -0.125. The van der Waals surface area contributed by atoms with Crippen LogP contribution in [0.1, 0.15) is 34.1 Å². The molecule has 1 N–H and O–H groups in total. The van der Waals surface area contributed by atoms with Gasteiger partial charge in [-0.1, -0.05) is 41.1 Å². The molecule has 1 fully saturated rings. The minimum Gasteiger partial charge on any atom is -0.464 e. The first-order chi connectivity index (χ1) is 16.4. The maximum Gasteiger partial charge on any atom is 0.360 e. The maximum absolute atomic E-state index is 13.1. The number of benzene rings is 2. The minimum absolute atomic E-state index is 0.0973. The number of amides is 1. The zero-order valence-electron chi connectivity index (χ0n) is 18.7. The number of methoxy groups -OCH3 is 1. The summed E-state index contributed by atoms with van der Waals surface area (Å²) in [5.74, 6) is -0.944. The Morgan fingerprint density at radius 3 is 2.74 bits per heavy atom. The molecule has 4 rings (SSSR count). The van der Waals surface area contributed by atoms with Gasteiger partial charge in [-0.2, -0.15) is 0 Å². The third-order valence-corrected chi connectivity index (χ3v) is 6.10. The van der Waals surface area contributed by atoms with Crippen molar-refractivity contribution >= 4 is 23.5 Å². The van der Waals surface area contributed by atoms with Crippen molar-refractivity contribution in [3.05, 3.63) is 82.4 Å². The molecule has 3 aromatic rings. The van der Waals surface area contributed by atoms with E-state index in [9.17, 15) is 14.0 Å². The Morgan fingerprint density at radius 2 is 2.00 bits per heavy atom. The predicted molar refractivity (Wildman–Crippen MR) is 124 cm³/mol. The van der Waals surface area contributed by atoms with E-state index in [1.807, 2.05) is 18.2 Å². The van der Waals surface area contributed by atoms with Gasteiger partial charge in [0.05, 0.1) is 25.4 Å². The van der Waals surface area contributed by atoms with E-state index < -0.39 is 12.0 Å². The summed E-state index contributed by atoms with van der Waals surface area (Å²) in [7, 11) is 1.29. The van der Waals surface area contributed by atoms with Gasteiger partial charge in [-0.05, 0) is 48.2 Å². The number of ether oxygens (including phenoxy) is 1. The monoisotopic (exact) mass is 485 g/mol. The van der Waals surface area contributed by atoms with Crippen LogP contribution in [0.25, 0.3) is 0 Å². The standard InChI is InChI=1S/C24H25ClFN5O3/c1-34-24(33)21-15-31(29-28-21)20-12-22(30(14-20)13-17-3-2-4-18(25)11-17)23(32)27-10-9-16-5-7-19(26)8-6-16/h2-8,11,15,20,22H,9-10,12-14H2,1H3,(H,27,32)/t20-,22+/m1/s1. The second-order valence-electron chi connectivity index (χ2n) is 8.21. The number of rotatable bonds is 8. The van der Waals surface area contributed by atoms with E-state index in [0.717, 1.165) is 11.1 Å². The van der Waals surface area contributed by atoms with Gasteiger partial charge in [0.2, 0.25) is 5.91 Å². The second-order valence-corrected chi connectivity index (χ2v) is 8.64. The SMILES string of the molecule is COC(=O)c1cn([C@@H]2C[C@@H](C(=O)NCCc3ccc(F)cc3)N(Cc3cccc(Cl)c3)C2)nn1. The summed E-state index contributed by atoms with van der Waals surface area (Å²) < 4.78 is 19.4. The molecule has 0 unspecified atom stereocenters. The van der Waals surface area contributed by atoms with Crippen molar-refractivity contribution in [2.24, 2.45) is 0 Å². The summed E-state index contributed by atoms with van der Waals surface area (Å²) in [6.45, 7) is 1.52. The number of hydrogen-bond donors (Lipinski definition) is 1. The number of likely N-dealkylation sites (tertiary alicyclic amines) is 1. The summed E-state index contributed by atoms with van der Waals surface area (Å²) >= 11 is 6.15. The van der Waals surface area contributed by atoms with Crippen molar-refractivity contribution < 1.29 is 18.7 Å². The van der Waals surface area contributed by atoms with Crippen molar-refractivity contribution in [3.63, 3.8) is 0 Å². The van der Waals surface area contributed by atoms with E-state index >= 15 is 0 Å². The molecule has 2 heterocycles. The van der Waals surface area contributed by atoms with Crippen LogP contribution in [0.4, 0.5) is 4.39 Å². The molecule has 8 nitrogen and oxygen atoms in total. The molecule has 34 heavy (non-hydrogen) atoms. The Morgan fingerprint density at radius 1 is 1.21 bits per heavy atom. The van der Waals surface area contributed by atoms with Crippen LogP contribution >= 0.6 is 11.6 Å². The molecule has 0 radical (unpaired) electrons. The number of halogens is 2. The highest BCUT2D eigenvalue weighted by Crippen LogP contribution is 2.29. The molecule has 10 heteroatoms. The number of carbonyl (C=O) groups is 2. The van der Waals surface area contributed by atoms with Crippen LogP contribution in [0, 0.1) is 5.82 Å². The molecule has 1 saturated heterocycles. The lowest BCUT2D eigenvalue weighted by Gasteiger charge is -2.23. The summed E-state index contributed by atoms with van der Waals surface area (Å²) in [5, 5.41) is 11.6. The highest BCUT2D eigenvalue weighted by molar-refractivity contribution is 6.30. The Labute approximate surface area is 201 Å². The molecule has 1 amide bonds. The van der Waals surface area contributed by atoms with E-state index in [2.05, 4.69) is 20.5 Å². The van der Waals surface area contributed by atoms with Crippen LogP contribution in [-0.2, 0) is 22.5 Å². The van der Waals surface area contributed by atoms with Crippen molar-refractivity contribution in [1.29, 1.82) is 0 Å². The zero-order valence-corrected chi connectivity index (χ0v) is 19.4. The van der Waals surface area contributed by atoms with Gasteiger partial charge in [0.25, 0.3) is 0 Å². The fourth-order valence-electron chi connectivity index (χ4n) is 4.14. The molecule has 0 bridgehead atoms. The largest absolute Gasteiger partial charge is 0.464 e. The quantitative estimate of drug-likeness (QED) is 0.493. The van der Waals surface area contributed by atoms with Crippen molar-refractivity contribution in [2.45, 2.75) is 31.5 Å². The normalized spacial score (nSPS) is 18.1. The molecular formula is C24H25ClFN5O3. The fraction of sp³-hybridized carbons (Fsp3) is 0.333. The van der Waals surface area contributed by atoms with Crippen molar-refractivity contribution in [3.8, 4) is 0 Å². The fourth-order valence-corrected chi connectivity index (χ4v) is 4.35. The number of nitrogens with one attached hydrogen (secondary N) is 1. The predicted octanol–water partition coefficient (Wildman–Crippen LogP) is 3.03. The molecule has 2 aromatic carbocycles. The Kier molecular flexibility index (Phi) is 7.54. The van der Waals surface area contributed by atoms with Crippen LogP contribution in [0.3, 0.4) is 0 Å². The van der Waals surface area contributed by atoms with Gasteiger partial charge in [-0.25, -0.2) is 13.9 Å². The molecule has 1 aliphatic rings. The van der Waals surface area contributed by atoms with Crippen LogP contribution in [0.15, 0.2) is 54.7 Å². The number of nitrogens with zero attached hydrogens (tertiary/aromatic N) is 4. The second kappa shape index (κ2) is 10.8. The van der Waals surface area contributed by atoms with E-state index in [-0.39, 0.29) is 23.5 Å². The van der Waals surface area contributed by atoms with Crippen molar-refractivity contribution in [2.75, 3.05) is 20.2 Å². The lowest BCUT2D eigenvalue weighted by atomic mass is 10.1.